The van der Waals surface area contributed by atoms with E-state index in [4.69, 9.17) is 11.6 Å². The molecule has 0 spiro atoms. The Balaban J connectivity index is 3.04. The molecular weight excluding hydrogens is 258 g/mol. The van der Waals surface area contributed by atoms with Gasteiger partial charge in [0, 0.05) is 18.7 Å². The molecular formula is C16H24ClNO. The summed E-state index contributed by atoms with van der Waals surface area (Å²) in [6, 6.07) is 5.59. The summed E-state index contributed by atoms with van der Waals surface area (Å²) in [5.41, 5.74) is 1.69. The first-order chi connectivity index (χ1) is 8.81. The van der Waals surface area contributed by atoms with Crippen LogP contribution < -0.4 is 4.90 Å². The molecule has 1 rings (SSSR count). The maximum atomic E-state index is 11.4. The molecule has 0 amide bonds. The zero-order chi connectivity index (χ0) is 14.6. The second kappa shape index (κ2) is 6.95. The zero-order valence-corrected chi connectivity index (χ0v) is 13.3. The van der Waals surface area contributed by atoms with Gasteiger partial charge in [-0.05, 0) is 37.0 Å². The van der Waals surface area contributed by atoms with Gasteiger partial charge in [0.05, 0.1) is 10.7 Å². The van der Waals surface area contributed by atoms with E-state index in [0.717, 1.165) is 18.8 Å². The smallest absolute Gasteiger partial charge is 0.159 e. The molecule has 19 heavy (non-hydrogen) atoms. The zero-order valence-electron chi connectivity index (χ0n) is 12.5. The van der Waals surface area contributed by atoms with Gasteiger partial charge >= 0.3 is 0 Å². The van der Waals surface area contributed by atoms with E-state index in [1.165, 1.54) is 0 Å². The highest BCUT2D eigenvalue weighted by Crippen LogP contribution is 2.28. The lowest BCUT2D eigenvalue weighted by molar-refractivity contribution is 0.101. The molecule has 2 nitrogen and oxygen atoms in total. The van der Waals surface area contributed by atoms with Crippen LogP contribution in [0, 0.1) is 11.8 Å². The van der Waals surface area contributed by atoms with Crippen molar-refractivity contribution in [1.29, 1.82) is 0 Å². The summed E-state index contributed by atoms with van der Waals surface area (Å²) in [6.07, 6.45) is 0. The highest BCUT2D eigenvalue weighted by Gasteiger charge is 2.14. The van der Waals surface area contributed by atoms with Crippen LogP contribution in [0.1, 0.15) is 45.0 Å². The lowest BCUT2D eigenvalue weighted by Crippen LogP contribution is -2.31. The summed E-state index contributed by atoms with van der Waals surface area (Å²) in [5, 5.41) is 0.661. The molecule has 0 aromatic heterocycles. The lowest BCUT2D eigenvalue weighted by atomic mass is 10.1. The van der Waals surface area contributed by atoms with Crippen LogP contribution in [0.4, 0.5) is 5.69 Å². The van der Waals surface area contributed by atoms with E-state index < -0.39 is 0 Å². The van der Waals surface area contributed by atoms with Crippen LogP contribution in [0.3, 0.4) is 0 Å². The van der Waals surface area contributed by atoms with Gasteiger partial charge in [-0.3, -0.25) is 4.79 Å². The summed E-state index contributed by atoms with van der Waals surface area (Å²) < 4.78 is 0. The van der Waals surface area contributed by atoms with Crippen molar-refractivity contribution in [2.45, 2.75) is 34.6 Å². The molecule has 0 radical (unpaired) electrons. The van der Waals surface area contributed by atoms with Gasteiger partial charge in [0.2, 0.25) is 0 Å². The molecule has 0 aliphatic heterocycles. The Morgan fingerprint density at radius 3 is 2.05 bits per heavy atom. The number of halogens is 1. The molecule has 0 saturated heterocycles. The third-order valence-electron chi connectivity index (χ3n) is 2.87. The molecule has 0 saturated carbocycles. The minimum atomic E-state index is 0.0488. The van der Waals surface area contributed by atoms with Crippen molar-refractivity contribution < 1.29 is 4.79 Å². The number of carbonyl (C=O) groups is 1. The number of benzene rings is 1. The normalized spacial score (nSPS) is 11.2. The molecule has 0 unspecified atom stereocenters. The van der Waals surface area contributed by atoms with E-state index in [2.05, 4.69) is 32.6 Å². The largest absolute Gasteiger partial charge is 0.370 e. The monoisotopic (exact) mass is 281 g/mol. The number of Topliss-reactive ketones (excluding diaryl/α,β-unsaturated/α-hetero) is 1. The molecule has 1 aromatic carbocycles. The Labute approximate surface area is 121 Å². The van der Waals surface area contributed by atoms with Gasteiger partial charge in [-0.25, -0.2) is 0 Å². The Morgan fingerprint density at radius 1 is 1.16 bits per heavy atom. The summed E-state index contributed by atoms with van der Waals surface area (Å²) >= 11 is 6.34. The Hall–Kier alpha value is -1.02. The number of rotatable bonds is 6. The van der Waals surface area contributed by atoms with Crippen molar-refractivity contribution in [2.75, 3.05) is 18.0 Å². The van der Waals surface area contributed by atoms with Crippen molar-refractivity contribution in [3.05, 3.63) is 28.8 Å². The van der Waals surface area contributed by atoms with Gasteiger partial charge in [0.1, 0.15) is 0 Å². The average molecular weight is 282 g/mol. The predicted molar refractivity (Wildman–Crippen MR) is 83.3 cm³/mol. The van der Waals surface area contributed by atoms with E-state index in [0.29, 0.717) is 22.4 Å². The summed E-state index contributed by atoms with van der Waals surface area (Å²) in [4.78, 5) is 13.7. The first kappa shape index (κ1) is 16.0. The third kappa shape index (κ3) is 4.87. The topological polar surface area (TPSA) is 20.3 Å². The fourth-order valence-corrected chi connectivity index (χ4v) is 2.44. The minimum Gasteiger partial charge on any atom is -0.370 e. The van der Waals surface area contributed by atoms with Crippen LogP contribution in [0.15, 0.2) is 18.2 Å². The minimum absolute atomic E-state index is 0.0488. The predicted octanol–water partition coefficient (Wildman–Crippen LogP) is 4.66. The second-order valence-corrected chi connectivity index (χ2v) is 6.32. The average Bonchev–Trinajstić information content (AvgIpc) is 2.26. The lowest BCUT2D eigenvalue weighted by Gasteiger charge is -2.29. The Bertz CT molecular complexity index is 430. The van der Waals surface area contributed by atoms with Crippen molar-refractivity contribution in [2.24, 2.45) is 11.8 Å². The Kier molecular flexibility index (Phi) is 5.86. The van der Waals surface area contributed by atoms with Gasteiger partial charge in [0.15, 0.2) is 5.78 Å². The van der Waals surface area contributed by atoms with E-state index in [-0.39, 0.29) is 5.78 Å². The number of hydrogen-bond acceptors (Lipinski definition) is 2. The van der Waals surface area contributed by atoms with Crippen LogP contribution in [-0.2, 0) is 0 Å². The summed E-state index contributed by atoms with van der Waals surface area (Å²) in [5.74, 6) is 1.19. The van der Waals surface area contributed by atoms with Gasteiger partial charge in [0.25, 0.3) is 0 Å². The number of anilines is 1. The maximum absolute atomic E-state index is 11.4. The highest BCUT2D eigenvalue weighted by atomic mass is 35.5. The van der Waals surface area contributed by atoms with Crippen LogP contribution in [-0.4, -0.2) is 18.9 Å². The molecule has 106 valence electrons. The number of ketones is 1. The highest BCUT2D eigenvalue weighted by molar-refractivity contribution is 6.33. The van der Waals surface area contributed by atoms with Crippen molar-refractivity contribution in [3.63, 3.8) is 0 Å². The molecule has 0 aliphatic rings. The molecule has 0 N–H and O–H groups in total. The third-order valence-corrected chi connectivity index (χ3v) is 3.17. The van der Waals surface area contributed by atoms with Gasteiger partial charge in [-0.1, -0.05) is 39.3 Å². The quantitative estimate of drug-likeness (QED) is 0.707. The van der Waals surface area contributed by atoms with Crippen molar-refractivity contribution in [3.8, 4) is 0 Å². The molecule has 0 bridgehead atoms. The second-order valence-electron chi connectivity index (χ2n) is 5.92. The van der Waals surface area contributed by atoms with Crippen LogP contribution in [0.25, 0.3) is 0 Å². The molecule has 0 heterocycles. The summed E-state index contributed by atoms with van der Waals surface area (Å²) in [7, 11) is 0. The fraction of sp³-hybridized carbons (Fsp3) is 0.562. The molecule has 0 fully saturated rings. The number of hydrogen-bond donors (Lipinski definition) is 0. The standard InChI is InChI=1S/C16H24ClNO/c1-11(2)9-18(10-12(3)4)16-7-6-14(13(5)19)8-15(16)17/h6-8,11-12H,9-10H2,1-5H3. The van der Waals surface area contributed by atoms with Crippen molar-refractivity contribution in [1.82, 2.24) is 0 Å². The molecule has 3 heteroatoms. The molecule has 1 aromatic rings. The van der Waals surface area contributed by atoms with Gasteiger partial charge < -0.3 is 4.90 Å². The fourth-order valence-electron chi connectivity index (χ4n) is 2.14. The SMILES string of the molecule is CC(=O)c1ccc(N(CC(C)C)CC(C)C)c(Cl)c1. The van der Waals surface area contributed by atoms with E-state index >= 15 is 0 Å². The van der Waals surface area contributed by atoms with Gasteiger partial charge in [-0.2, -0.15) is 0 Å². The van der Waals surface area contributed by atoms with E-state index in [1.807, 2.05) is 12.1 Å². The number of nitrogens with zero attached hydrogens (tertiary/aromatic N) is 1. The summed E-state index contributed by atoms with van der Waals surface area (Å²) in [6.45, 7) is 12.3. The van der Waals surface area contributed by atoms with E-state index in [9.17, 15) is 4.79 Å². The van der Waals surface area contributed by atoms with Crippen molar-refractivity contribution >= 4 is 23.1 Å². The van der Waals surface area contributed by atoms with E-state index in [1.54, 1.807) is 13.0 Å². The van der Waals surface area contributed by atoms with Crippen LogP contribution in [0.2, 0.25) is 5.02 Å². The first-order valence-corrected chi connectivity index (χ1v) is 7.24. The van der Waals surface area contributed by atoms with Gasteiger partial charge in [-0.15, -0.1) is 0 Å². The van der Waals surface area contributed by atoms with Crippen LogP contribution in [0.5, 0.6) is 0 Å². The molecule has 0 aliphatic carbocycles. The number of carbonyl (C=O) groups excluding carboxylic acids is 1. The maximum Gasteiger partial charge on any atom is 0.159 e. The first-order valence-electron chi connectivity index (χ1n) is 6.86. The molecule has 0 atom stereocenters. The van der Waals surface area contributed by atoms with Crippen LogP contribution >= 0.6 is 11.6 Å². The Morgan fingerprint density at radius 2 is 1.68 bits per heavy atom.